The molecule has 1 N–H and O–H groups in total. The molecule has 0 radical (unpaired) electrons. The zero-order valence-corrected chi connectivity index (χ0v) is 17.0. The van der Waals surface area contributed by atoms with Gasteiger partial charge in [-0.1, -0.05) is 29.3 Å². The highest BCUT2D eigenvalue weighted by molar-refractivity contribution is 6.35. The van der Waals surface area contributed by atoms with Crippen molar-refractivity contribution in [3.05, 3.63) is 51.9 Å². The molecule has 3 aromatic rings. The predicted molar refractivity (Wildman–Crippen MR) is 108 cm³/mol. The fourth-order valence-corrected chi connectivity index (χ4v) is 4.30. The summed E-state index contributed by atoms with van der Waals surface area (Å²) in [6, 6.07) is 7.64. The largest absolute Gasteiger partial charge is 0.381 e. The first-order valence-electron chi connectivity index (χ1n) is 9.07. The maximum absolute atomic E-state index is 6.57. The second-order valence-electron chi connectivity index (χ2n) is 6.91. The number of nitrogens with zero attached hydrogens (tertiary/aromatic N) is 4. The third kappa shape index (κ3) is 3.80. The highest BCUT2D eigenvalue weighted by atomic mass is 35.5. The number of hydrogen-bond donors (Lipinski definition) is 1. The van der Waals surface area contributed by atoms with Crippen LogP contribution in [-0.2, 0) is 21.5 Å². The van der Waals surface area contributed by atoms with E-state index >= 15 is 0 Å². The lowest BCUT2D eigenvalue weighted by atomic mass is 9.74. The summed E-state index contributed by atoms with van der Waals surface area (Å²) in [5, 5.41) is 9.13. The zero-order chi connectivity index (χ0) is 19.6. The van der Waals surface area contributed by atoms with Gasteiger partial charge < -0.3 is 14.8 Å². The molecule has 0 bridgehead atoms. The number of nitrogens with one attached hydrogen (secondary N) is 1. The van der Waals surface area contributed by atoms with Crippen LogP contribution >= 0.6 is 23.2 Å². The van der Waals surface area contributed by atoms with Gasteiger partial charge in [0.15, 0.2) is 0 Å². The molecule has 0 atom stereocenters. The average molecular weight is 422 g/mol. The van der Waals surface area contributed by atoms with E-state index in [1.165, 1.54) is 6.33 Å². The number of benzene rings is 1. The van der Waals surface area contributed by atoms with Gasteiger partial charge in [0.1, 0.15) is 12.1 Å². The normalized spacial score (nSPS) is 16.4. The fraction of sp³-hybridized carbons (Fsp3) is 0.421. The van der Waals surface area contributed by atoms with Crippen molar-refractivity contribution in [2.75, 3.05) is 32.2 Å². The lowest BCUT2D eigenvalue weighted by molar-refractivity contribution is 0.0544. The van der Waals surface area contributed by atoms with E-state index in [4.69, 9.17) is 32.7 Å². The van der Waals surface area contributed by atoms with Crippen LogP contribution in [0.3, 0.4) is 0 Å². The van der Waals surface area contributed by atoms with Gasteiger partial charge in [0.2, 0.25) is 0 Å². The highest BCUT2D eigenvalue weighted by Gasteiger charge is 2.36. The molecule has 148 valence electrons. The molecule has 1 fully saturated rings. The molecule has 1 aliphatic heterocycles. The van der Waals surface area contributed by atoms with Crippen molar-refractivity contribution in [2.24, 2.45) is 0 Å². The SMILES string of the molecule is COCc1cc(NCC2(c3ccc(Cl)cc3Cl)CCOCC2)n2ncnc2n1. The topological polar surface area (TPSA) is 73.6 Å². The van der Waals surface area contributed by atoms with E-state index in [1.54, 1.807) is 17.7 Å². The maximum Gasteiger partial charge on any atom is 0.254 e. The van der Waals surface area contributed by atoms with Gasteiger partial charge in [0, 0.05) is 48.4 Å². The van der Waals surface area contributed by atoms with Crippen LogP contribution in [0.1, 0.15) is 24.1 Å². The molecule has 0 aliphatic carbocycles. The van der Waals surface area contributed by atoms with Gasteiger partial charge in [-0.2, -0.15) is 14.6 Å². The van der Waals surface area contributed by atoms with E-state index in [1.807, 2.05) is 18.2 Å². The number of anilines is 1. The van der Waals surface area contributed by atoms with Crippen LogP contribution in [0.2, 0.25) is 10.0 Å². The van der Waals surface area contributed by atoms with Gasteiger partial charge in [-0.25, -0.2) is 4.98 Å². The van der Waals surface area contributed by atoms with E-state index in [9.17, 15) is 0 Å². The summed E-state index contributed by atoms with van der Waals surface area (Å²) in [7, 11) is 1.64. The van der Waals surface area contributed by atoms with E-state index in [0.717, 1.165) is 29.9 Å². The maximum atomic E-state index is 6.57. The number of fused-ring (bicyclic) bond motifs is 1. The first kappa shape index (κ1) is 19.4. The Morgan fingerprint density at radius 1 is 1.25 bits per heavy atom. The minimum absolute atomic E-state index is 0.169. The van der Waals surface area contributed by atoms with Crippen molar-refractivity contribution in [3.63, 3.8) is 0 Å². The monoisotopic (exact) mass is 421 g/mol. The van der Waals surface area contributed by atoms with Gasteiger partial charge in [-0.3, -0.25) is 0 Å². The van der Waals surface area contributed by atoms with Crippen molar-refractivity contribution in [1.29, 1.82) is 0 Å². The number of halogens is 2. The Balaban J connectivity index is 1.67. The van der Waals surface area contributed by atoms with Crippen molar-refractivity contribution in [2.45, 2.75) is 24.9 Å². The molecule has 2 aromatic heterocycles. The number of aromatic nitrogens is 4. The molecular formula is C19H21Cl2N5O2. The van der Waals surface area contributed by atoms with Crippen molar-refractivity contribution < 1.29 is 9.47 Å². The molecule has 7 nitrogen and oxygen atoms in total. The summed E-state index contributed by atoms with van der Waals surface area (Å²) in [4.78, 5) is 8.65. The van der Waals surface area contributed by atoms with Gasteiger partial charge in [-0.15, -0.1) is 0 Å². The molecule has 0 saturated carbocycles. The van der Waals surface area contributed by atoms with E-state index < -0.39 is 0 Å². The van der Waals surface area contributed by atoms with E-state index in [-0.39, 0.29) is 5.41 Å². The van der Waals surface area contributed by atoms with E-state index in [2.05, 4.69) is 20.4 Å². The fourth-order valence-electron chi connectivity index (χ4n) is 3.69. The molecule has 4 rings (SSSR count). The molecule has 1 aromatic carbocycles. The first-order chi connectivity index (χ1) is 13.6. The van der Waals surface area contributed by atoms with Crippen LogP contribution < -0.4 is 5.32 Å². The van der Waals surface area contributed by atoms with Crippen molar-refractivity contribution in [1.82, 2.24) is 19.6 Å². The summed E-state index contributed by atoms with van der Waals surface area (Å²) in [6.45, 7) is 2.44. The third-order valence-electron chi connectivity index (χ3n) is 5.16. The summed E-state index contributed by atoms with van der Waals surface area (Å²) in [5.74, 6) is 1.34. The van der Waals surface area contributed by atoms with Gasteiger partial charge >= 0.3 is 0 Å². The average Bonchev–Trinajstić information content (AvgIpc) is 3.16. The lowest BCUT2D eigenvalue weighted by Gasteiger charge is -2.38. The van der Waals surface area contributed by atoms with Crippen molar-refractivity contribution >= 4 is 34.8 Å². The number of hydrogen-bond acceptors (Lipinski definition) is 6. The molecule has 0 amide bonds. The van der Waals surface area contributed by atoms with Crippen LogP contribution in [0, 0.1) is 0 Å². The molecule has 0 spiro atoms. The summed E-state index contributed by atoms with van der Waals surface area (Å²) < 4.78 is 12.5. The molecule has 28 heavy (non-hydrogen) atoms. The summed E-state index contributed by atoms with van der Waals surface area (Å²) >= 11 is 12.7. The zero-order valence-electron chi connectivity index (χ0n) is 15.5. The minimum Gasteiger partial charge on any atom is -0.381 e. The molecule has 0 unspecified atom stereocenters. The second kappa shape index (κ2) is 8.21. The Bertz CT molecular complexity index is 972. The lowest BCUT2D eigenvalue weighted by Crippen LogP contribution is -2.40. The Morgan fingerprint density at radius 3 is 2.82 bits per heavy atom. The van der Waals surface area contributed by atoms with Crippen LogP contribution in [0.15, 0.2) is 30.6 Å². The molecule has 1 aliphatic rings. The summed E-state index contributed by atoms with van der Waals surface area (Å²) in [6.07, 6.45) is 3.21. The van der Waals surface area contributed by atoms with E-state index in [0.29, 0.717) is 42.2 Å². The van der Waals surface area contributed by atoms with Crippen LogP contribution in [0.25, 0.3) is 5.78 Å². The first-order valence-corrected chi connectivity index (χ1v) is 9.83. The van der Waals surface area contributed by atoms with Crippen LogP contribution in [0.5, 0.6) is 0 Å². The molecule has 9 heteroatoms. The van der Waals surface area contributed by atoms with Gasteiger partial charge in [-0.05, 0) is 30.5 Å². The predicted octanol–water partition coefficient (Wildman–Crippen LogP) is 3.74. The Labute approximate surface area is 173 Å². The minimum atomic E-state index is -0.169. The van der Waals surface area contributed by atoms with Crippen LogP contribution in [0.4, 0.5) is 5.82 Å². The Hall–Kier alpha value is -1.93. The third-order valence-corrected chi connectivity index (χ3v) is 5.71. The highest BCUT2D eigenvalue weighted by Crippen LogP contribution is 2.39. The number of ether oxygens (including phenoxy) is 2. The second-order valence-corrected chi connectivity index (χ2v) is 7.75. The Kier molecular flexibility index (Phi) is 5.68. The molecule has 3 heterocycles. The molecular weight excluding hydrogens is 401 g/mol. The molecule has 1 saturated heterocycles. The quantitative estimate of drug-likeness (QED) is 0.653. The van der Waals surface area contributed by atoms with Gasteiger partial charge in [0.25, 0.3) is 5.78 Å². The number of methoxy groups -OCH3 is 1. The van der Waals surface area contributed by atoms with Gasteiger partial charge in [0.05, 0.1) is 12.3 Å². The standard InChI is InChI=1S/C19H21Cl2N5O2/c1-27-10-14-9-17(26-18(25-14)23-12-24-26)22-11-19(4-6-28-7-5-19)15-3-2-13(20)8-16(15)21/h2-3,8-9,12,22H,4-7,10-11H2,1H3. The Morgan fingerprint density at radius 2 is 2.07 bits per heavy atom. The summed E-state index contributed by atoms with van der Waals surface area (Å²) in [5.41, 5.74) is 1.70. The smallest absolute Gasteiger partial charge is 0.254 e. The van der Waals surface area contributed by atoms with Crippen LogP contribution in [-0.4, -0.2) is 46.5 Å². The van der Waals surface area contributed by atoms with Crippen molar-refractivity contribution in [3.8, 4) is 0 Å². The number of rotatable bonds is 6.